The van der Waals surface area contributed by atoms with Gasteiger partial charge in [-0.2, -0.15) is 0 Å². The summed E-state index contributed by atoms with van der Waals surface area (Å²) in [5.74, 6) is 0.348. The summed E-state index contributed by atoms with van der Waals surface area (Å²) < 4.78 is 27.4. The Morgan fingerprint density at radius 1 is 1.29 bits per heavy atom. The molecule has 1 N–H and O–H groups in total. The quantitative estimate of drug-likeness (QED) is 0.756. The Labute approximate surface area is 123 Å². The predicted molar refractivity (Wildman–Crippen MR) is 79.3 cm³/mol. The topological polar surface area (TPSA) is 46.2 Å². The lowest BCUT2D eigenvalue weighted by Crippen LogP contribution is -2.17. The zero-order valence-corrected chi connectivity index (χ0v) is 13.9. The fourth-order valence-corrected chi connectivity index (χ4v) is 4.57. The van der Waals surface area contributed by atoms with Crippen molar-refractivity contribution < 1.29 is 8.42 Å². The molecular formula is C10H12Br2ClNO2S. The van der Waals surface area contributed by atoms with E-state index in [1.54, 1.807) is 0 Å². The number of sulfonamides is 1. The molecule has 1 aromatic rings. The molecule has 0 heterocycles. The van der Waals surface area contributed by atoms with Gasteiger partial charge in [0.2, 0.25) is 10.0 Å². The van der Waals surface area contributed by atoms with Crippen LogP contribution in [0.2, 0.25) is 0 Å². The zero-order valence-electron chi connectivity index (χ0n) is 9.13. The second kappa shape index (κ2) is 6.41. The molecule has 0 aliphatic heterocycles. The summed E-state index contributed by atoms with van der Waals surface area (Å²) in [5, 5.41) is 0. The van der Waals surface area contributed by atoms with Crippen LogP contribution in [0, 0.1) is 6.92 Å². The van der Waals surface area contributed by atoms with Crippen LogP contribution in [0.3, 0.4) is 0 Å². The largest absolute Gasteiger partial charge is 0.281 e. The van der Waals surface area contributed by atoms with E-state index in [0.717, 1.165) is 5.56 Å². The van der Waals surface area contributed by atoms with Crippen molar-refractivity contribution in [2.45, 2.75) is 13.3 Å². The minimum atomic E-state index is -3.35. The van der Waals surface area contributed by atoms with Gasteiger partial charge in [0.25, 0.3) is 0 Å². The first kappa shape index (κ1) is 15.3. The first-order chi connectivity index (χ1) is 7.85. The maximum atomic E-state index is 11.7. The average Bonchev–Trinajstić information content (AvgIpc) is 2.21. The van der Waals surface area contributed by atoms with Gasteiger partial charge in [-0.15, -0.1) is 11.6 Å². The molecule has 0 aliphatic carbocycles. The molecule has 0 atom stereocenters. The summed E-state index contributed by atoms with van der Waals surface area (Å²) in [6.45, 7) is 1.93. The molecule has 1 aromatic carbocycles. The van der Waals surface area contributed by atoms with Gasteiger partial charge in [-0.05, 0) is 62.9 Å². The van der Waals surface area contributed by atoms with E-state index in [1.165, 1.54) is 0 Å². The van der Waals surface area contributed by atoms with E-state index in [2.05, 4.69) is 36.6 Å². The van der Waals surface area contributed by atoms with Crippen LogP contribution in [0.4, 0.5) is 5.69 Å². The Hall–Kier alpha value is 0.220. The highest BCUT2D eigenvalue weighted by atomic mass is 79.9. The molecule has 0 radical (unpaired) electrons. The highest BCUT2D eigenvalue weighted by Crippen LogP contribution is 2.33. The Balaban J connectivity index is 2.96. The molecular weight excluding hydrogens is 393 g/mol. The summed E-state index contributed by atoms with van der Waals surface area (Å²) in [5.41, 5.74) is 1.55. The van der Waals surface area contributed by atoms with Gasteiger partial charge in [-0.25, -0.2) is 8.42 Å². The van der Waals surface area contributed by atoms with Gasteiger partial charge < -0.3 is 0 Å². The summed E-state index contributed by atoms with van der Waals surface area (Å²) in [4.78, 5) is 0. The molecule has 0 saturated heterocycles. The van der Waals surface area contributed by atoms with E-state index in [4.69, 9.17) is 11.6 Å². The SMILES string of the molecule is Cc1cc(Br)c(NS(=O)(=O)CCCCl)c(Br)c1. The fraction of sp³-hybridized carbons (Fsp3) is 0.400. The second-order valence-corrected chi connectivity index (χ2v) is 7.50. The summed E-state index contributed by atoms with van der Waals surface area (Å²) >= 11 is 12.2. The van der Waals surface area contributed by atoms with Crippen molar-refractivity contribution in [3.63, 3.8) is 0 Å². The Bertz CT molecular complexity index is 482. The molecule has 1 rings (SSSR count). The number of rotatable bonds is 5. The highest BCUT2D eigenvalue weighted by Gasteiger charge is 2.14. The van der Waals surface area contributed by atoms with Crippen LogP contribution in [-0.2, 0) is 10.0 Å². The molecule has 7 heteroatoms. The molecule has 0 fully saturated rings. The lowest BCUT2D eigenvalue weighted by molar-refractivity contribution is 0.600. The van der Waals surface area contributed by atoms with Crippen LogP contribution in [0.1, 0.15) is 12.0 Å². The second-order valence-electron chi connectivity index (χ2n) is 3.57. The first-order valence-corrected chi connectivity index (χ1v) is 8.65. The van der Waals surface area contributed by atoms with Gasteiger partial charge in [-0.1, -0.05) is 0 Å². The first-order valence-electron chi connectivity index (χ1n) is 4.88. The summed E-state index contributed by atoms with van der Waals surface area (Å²) in [6, 6.07) is 3.70. The molecule has 96 valence electrons. The predicted octanol–water partition coefficient (Wildman–Crippen LogP) is 3.89. The Kier molecular flexibility index (Phi) is 5.76. The molecule has 0 spiro atoms. The van der Waals surface area contributed by atoms with Crippen molar-refractivity contribution >= 4 is 59.2 Å². The number of alkyl halides is 1. The van der Waals surface area contributed by atoms with E-state index in [9.17, 15) is 8.42 Å². The van der Waals surface area contributed by atoms with Crippen LogP contribution in [0.25, 0.3) is 0 Å². The van der Waals surface area contributed by atoms with Crippen LogP contribution >= 0.6 is 43.5 Å². The third-order valence-corrected chi connectivity index (χ3v) is 4.85. The fourth-order valence-electron chi connectivity index (χ4n) is 1.25. The van der Waals surface area contributed by atoms with Crippen molar-refractivity contribution in [1.29, 1.82) is 0 Å². The highest BCUT2D eigenvalue weighted by molar-refractivity contribution is 9.11. The number of hydrogen-bond donors (Lipinski definition) is 1. The van der Waals surface area contributed by atoms with Crippen LogP contribution < -0.4 is 4.72 Å². The molecule has 0 bridgehead atoms. The minimum absolute atomic E-state index is 0.0171. The van der Waals surface area contributed by atoms with Crippen LogP contribution in [0.15, 0.2) is 21.1 Å². The molecule has 3 nitrogen and oxygen atoms in total. The Morgan fingerprint density at radius 3 is 2.29 bits per heavy atom. The third kappa shape index (κ3) is 4.77. The minimum Gasteiger partial charge on any atom is -0.281 e. The van der Waals surface area contributed by atoms with Crippen LogP contribution in [0.5, 0.6) is 0 Å². The van der Waals surface area contributed by atoms with E-state index in [1.807, 2.05) is 19.1 Å². The maximum Gasteiger partial charge on any atom is 0.232 e. The third-order valence-electron chi connectivity index (χ3n) is 1.99. The summed E-state index contributed by atoms with van der Waals surface area (Å²) in [7, 11) is -3.35. The van der Waals surface area contributed by atoms with E-state index < -0.39 is 10.0 Å². The zero-order chi connectivity index (χ0) is 13.1. The van der Waals surface area contributed by atoms with Crippen molar-refractivity contribution in [2.75, 3.05) is 16.4 Å². The number of halogens is 3. The normalized spacial score (nSPS) is 11.5. The maximum absolute atomic E-state index is 11.7. The monoisotopic (exact) mass is 403 g/mol. The molecule has 17 heavy (non-hydrogen) atoms. The van der Waals surface area contributed by atoms with Gasteiger partial charge in [0.15, 0.2) is 0 Å². The lowest BCUT2D eigenvalue weighted by atomic mass is 10.2. The lowest BCUT2D eigenvalue weighted by Gasteiger charge is -2.12. The molecule has 0 aromatic heterocycles. The van der Waals surface area contributed by atoms with Crippen molar-refractivity contribution in [3.05, 3.63) is 26.6 Å². The van der Waals surface area contributed by atoms with Gasteiger partial charge >= 0.3 is 0 Å². The number of nitrogens with one attached hydrogen (secondary N) is 1. The van der Waals surface area contributed by atoms with Gasteiger partial charge in [-0.3, -0.25) is 4.72 Å². The molecule has 0 saturated carbocycles. The van der Waals surface area contributed by atoms with E-state index in [-0.39, 0.29) is 5.75 Å². The van der Waals surface area contributed by atoms with E-state index >= 15 is 0 Å². The average molecular weight is 406 g/mol. The van der Waals surface area contributed by atoms with Crippen molar-refractivity contribution in [1.82, 2.24) is 0 Å². The van der Waals surface area contributed by atoms with Gasteiger partial charge in [0.05, 0.1) is 11.4 Å². The molecule has 0 aliphatic rings. The number of hydrogen-bond acceptors (Lipinski definition) is 2. The van der Waals surface area contributed by atoms with Crippen molar-refractivity contribution in [2.24, 2.45) is 0 Å². The van der Waals surface area contributed by atoms with E-state index in [0.29, 0.717) is 26.9 Å². The molecule has 0 unspecified atom stereocenters. The molecule has 0 amide bonds. The van der Waals surface area contributed by atoms with Gasteiger partial charge in [0.1, 0.15) is 0 Å². The Morgan fingerprint density at radius 2 is 1.82 bits per heavy atom. The smallest absolute Gasteiger partial charge is 0.232 e. The standard InChI is InChI=1S/C10H12Br2ClNO2S/c1-7-5-8(11)10(9(12)6-7)14-17(15,16)4-2-3-13/h5-6,14H,2-4H2,1H3. The van der Waals surface area contributed by atoms with Crippen molar-refractivity contribution in [3.8, 4) is 0 Å². The van der Waals surface area contributed by atoms with Crippen LogP contribution in [-0.4, -0.2) is 20.1 Å². The number of benzene rings is 1. The number of aryl methyl sites for hydroxylation is 1. The summed E-state index contributed by atoms with van der Waals surface area (Å²) in [6.07, 6.45) is 0.429. The number of anilines is 1. The van der Waals surface area contributed by atoms with Gasteiger partial charge in [0, 0.05) is 14.8 Å².